The number of H-pyrrole nitrogens is 1. The van der Waals surface area contributed by atoms with Gasteiger partial charge in [0.25, 0.3) is 5.91 Å². The standard InChI is InChI=1S/C18H21FN4O2/c19-14-4-1-8-21-16(14)22-13-10-18(25-11-13)6-3-9-23(12-18)17(24)15-5-2-7-20-15/h1-2,4-5,7-8,13,20H,3,6,9-12H2,(H,21,22)/t13-,18-/m1/s1. The van der Waals surface area contributed by atoms with Crippen LogP contribution < -0.4 is 5.32 Å². The summed E-state index contributed by atoms with van der Waals surface area (Å²) in [5, 5.41) is 3.13. The minimum Gasteiger partial charge on any atom is -0.371 e. The SMILES string of the molecule is O=C(c1ccc[nH]1)N1CCC[C@@]2(C[C@@H](Nc3ncccc3F)CO2)C1. The molecule has 0 saturated carbocycles. The lowest BCUT2D eigenvalue weighted by Gasteiger charge is -2.39. The first-order chi connectivity index (χ1) is 12.2. The van der Waals surface area contributed by atoms with Gasteiger partial charge in [-0.05, 0) is 37.1 Å². The van der Waals surface area contributed by atoms with Gasteiger partial charge in [-0.25, -0.2) is 9.37 Å². The highest BCUT2D eigenvalue weighted by Gasteiger charge is 2.44. The number of pyridine rings is 1. The van der Waals surface area contributed by atoms with Crippen molar-refractivity contribution < 1.29 is 13.9 Å². The van der Waals surface area contributed by atoms with Crippen LogP contribution in [0.2, 0.25) is 0 Å². The Kier molecular flexibility index (Phi) is 4.17. The van der Waals surface area contributed by atoms with Crippen molar-refractivity contribution >= 4 is 11.7 Å². The first kappa shape index (κ1) is 16.1. The molecule has 0 bridgehead atoms. The van der Waals surface area contributed by atoms with E-state index in [0.717, 1.165) is 25.8 Å². The molecular formula is C18H21FN4O2. The van der Waals surface area contributed by atoms with Gasteiger partial charge in [0.1, 0.15) is 5.69 Å². The van der Waals surface area contributed by atoms with Crippen molar-refractivity contribution in [2.45, 2.75) is 30.9 Å². The number of piperidine rings is 1. The Balaban J connectivity index is 1.42. The zero-order chi connectivity index (χ0) is 17.3. The molecule has 7 heteroatoms. The van der Waals surface area contributed by atoms with E-state index < -0.39 is 0 Å². The number of halogens is 1. The number of hydrogen-bond acceptors (Lipinski definition) is 4. The summed E-state index contributed by atoms with van der Waals surface area (Å²) in [6.45, 7) is 1.78. The van der Waals surface area contributed by atoms with E-state index in [1.165, 1.54) is 6.07 Å². The number of rotatable bonds is 3. The number of aromatic amines is 1. The summed E-state index contributed by atoms with van der Waals surface area (Å²) < 4.78 is 19.9. The van der Waals surface area contributed by atoms with Crippen LogP contribution in [0.25, 0.3) is 0 Å². The molecule has 2 aromatic rings. The Labute approximate surface area is 145 Å². The van der Waals surface area contributed by atoms with Crippen LogP contribution in [0.15, 0.2) is 36.7 Å². The molecule has 2 aromatic heterocycles. The molecule has 2 aliphatic heterocycles. The third kappa shape index (κ3) is 3.24. The smallest absolute Gasteiger partial charge is 0.270 e. The van der Waals surface area contributed by atoms with Crippen LogP contribution >= 0.6 is 0 Å². The average Bonchev–Trinajstić information content (AvgIpc) is 3.27. The van der Waals surface area contributed by atoms with E-state index in [1.807, 2.05) is 11.0 Å². The molecule has 6 nitrogen and oxygen atoms in total. The van der Waals surface area contributed by atoms with Crippen LogP contribution in [0, 0.1) is 5.82 Å². The number of aromatic nitrogens is 2. The average molecular weight is 344 g/mol. The van der Waals surface area contributed by atoms with E-state index in [4.69, 9.17) is 4.74 Å². The Bertz CT molecular complexity index is 751. The second-order valence-corrected chi connectivity index (χ2v) is 6.79. The molecule has 1 amide bonds. The molecule has 2 fully saturated rings. The van der Waals surface area contributed by atoms with Gasteiger partial charge < -0.3 is 19.9 Å². The van der Waals surface area contributed by atoms with Gasteiger partial charge >= 0.3 is 0 Å². The molecule has 25 heavy (non-hydrogen) atoms. The number of carbonyl (C=O) groups excluding carboxylic acids is 1. The van der Waals surface area contributed by atoms with E-state index in [2.05, 4.69) is 15.3 Å². The first-order valence-electron chi connectivity index (χ1n) is 8.59. The van der Waals surface area contributed by atoms with Gasteiger partial charge in [-0.2, -0.15) is 0 Å². The molecule has 4 heterocycles. The van der Waals surface area contributed by atoms with Crippen molar-refractivity contribution in [3.8, 4) is 0 Å². The summed E-state index contributed by atoms with van der Waals surface area (Å²) in [7, 11) is 0. The van der Waals surface area contributed by atoms with Gasteiger partial charge in [-0.15, -0.1) is 0 Å². The highest BCUT2D eigenvalue weighted by Crippen LogP contribution is 2.36. The molecule has 2 N–H and O–H groups in total. The number of amides is 1. The fraction of sp³-hybridized carbons (Fsp3) is 0.444. The number of anilines is 1. The van der Waals surface area contributed by atoms with Crippen LogP contribution in [-0.2, 0) is 4.74 Å². The lowest BCUT2D eigenvalue weighted by atomic mass is 9.88. The maximum Gasteiger partial charge on any atom is 0.270 e. The Morgan fingerprint density at radius 3 is 3.16 bits per heavy atom. The van der Waals surface area contributed by atoms with Crippen LogP contribution in [0.3, 0.4) is 0 Å². The van der Waals surface area contributed by atoms with Gasteiger partial charge in [0.2, 0.25) is 0 Å². The quantitative estimate of drug-likeness (QED) is 0.897. The maximum absolute atomic E-state index is 13.8. The zero-order valence-electron chi connectivity index (χ0n) is 13.9. The highest BCUT2D eigenvalue weighted by atomic mass is 19.1. The van der Waals surface area contributed by atoms with Gasteiger partial charge in [-0.3, -0.25) is 4.79 Å². The van der Waals surface area contributed by atoms with Crippen molar-refractivity contribution in [2.24, 2.45) is 0 Å². The summed E-state index contributed by atoms with van der Waals surface area (Å²) in [6.07, 6.45) is 5.85. The topological polar surface area (TPSA) is 70.2 Å². The predicted molar refractivity (Wildman–Crippen MR) is 90.8 cm³/mol. The normalized spacial score (nSPS) is 26.1. The minimum absolute atomic E-state index is 0.000135. The number of nitrogens with one attached hydrogen (secondary N) is 2. The van der Waals surface area contributed by atoms with E-state index in [1.54, 1.807) is 24.5 Å². The number of ether oxygens (including phenoxy) is 1. The molecule has 2 aliphatic rings. The van der Waals surface area contributed by atoms with E-state index in [9.17, 15) is 9.18 Å². The summed E-state index contributed by atoms with van der Waals surface area (Å²) in [4.78, 5) is 21.4. The zero-order valence-corrected chi connectivity index (χ0v) is 13.9. The molecule has 0 aromatic carbocycles. The lowest BCUT2D eigenvalue weighted by molar-refractivity contribution is -0.0448. The van der Waals surface area contributed by atoms with E-state index >= 15 is 0 Å². The summed E-state index contributed by atoms with van der Waals surface area (Å²) in [5.74, 6) is -0.112. The summed E-state index contributed by atoms with van der Waals surface area (Å²) >= 11 is 0. The number of carbonyl (C=O) groups is 1. The number of likely N-dealkylation sites (tertiary alicyclic amines) is 1. The number of nitrogens with zero attached hydrogens (tertiary/aromatic N) is 2. The van der Waals surface area contributed by atoms with E-state index in [0.29, 0.717) is 18.8 Å². The van der Waals surface area contributed by atoms with Crippen molar-refractivity contribution in [1.82, 2.24) is 14.9 Å². The third-order valence-corrected chi connectivity index (χ3v) is 4.96. The molecule has 4 rings (SSSR count). The molecule has 1 spiro atoms. The van der Waals surface area contributed by atoms with Crippen LogP contribution in [-0.4, -0.2) is 52.1 Å². The third-order valence-electron chi connectivity index (χ3n) is 4.96. The maximum atomic E-state index is 13.8. The molecule has 0 radical (unpaired) electrons. The summed E-state index contributed by atoms with van der Waals surface area (Å²) in [6, 6.07) is 6.55. The van der Waals surface area contributed by atoms with Crippen molar-refractivity contribution in [3.63, 3.8) is 0 Å². The Morgan fingerprint density at radius 1 is 1.44 bits per heavy atom. The second-order valence-electron chi connectivity index (χ2n) is 6.79. The Morgan fingerprint density at radius 2 is 2.36 bits per heavy atom. The van der Waals surface area contributed by atoms with Gasteiger partial charge in [-0.1, -0.05) is 0 Å². The molecule has 2 saturated heterocycles. The monoisotopic (exact) mass is 344 g/mol. The van der Waals surface area contributed by atoms with Crippen molar-refractivity contribution in [1.29, 1.82) is 0 Å². The fourth-order valence-electron chi connectivity index (χ4n) is 3.81. The lowest BCUT2D eigenvalue weighted by Crippen LogP contribution is -2.50. The fourth-order valence-corrected chi connectivity index (χ4v) is 3.81. The van der Waals surface area contributed by atoms with Crippen molar-refractivity contribution in [3.05, 3.63) is 48.2 Å². The van der Waals surface area contributed by atoms with Gasteiger partial charge in [0.05, 0.1) is 24.8 Å². The highest BCUT2D eigenvalue weighted by molar-refractivity contribution is 5.92. The molecule has 132 valence electrons. The van der Waals surface area contributed by atoms with E-state index in [-0.39, 0.29) is 29.2 Å². The predicted octanol–water partition coefficient (Wildman–Crippen LogP) is 2.42. The van der Waals surface area contributed by atoms with Crippen LogP contribution in [0.5, 0.6) is 0 Å². The molecule has 0 aliphatic carbocycles. The first-order valence-corrected chi connectivity index (χ1v) is 8.59. The molecular weight excluding hydrogens is 323 g/mol. The molecule has 0 unspecified atom stereocenters. The molecule has 2 atom stereocenters. The number of hydrogen-bond donors (Lipinski definition) is 2. The summed E-state index contributed by atoms with van der Waals surface area (Å²) in [5.41, 5.74) is 0.240. The van der Waals surface area contributed by atoms with Crippen LogP contribution in [0.4, 0.5) is 10.2 Å². The van der Waals surface area contributed by atoms with Crippen molar-refractivity contribution in [2.75, 3.05) is 25.0 Å². The minimum atomic E-state index is -0.365. The Hall–Kier alpha value is -2.41. The van der Waals surface area contributed by atoms with Gasteiger partial charge in [0, 0.05) is 25.4 Å². The second kappa shape index (κ2) is 6.48. The largest absolute Gasteiger partial charge is 0.371 e. The van der Waals surface area contributed by atoms with Crippen LogP contribution in [0.1, 0.15) is 29.8 Å². The van der Waals surface area contributed by atoms with Gasteiger partial charge in [0.15, 0.2) is 11.6 Å².